The van der Waals surface area contributed by atoms with Crippen LogP contribution in [-0.2, 0) is 6.54 Å². The van der Waals surface area contributed by atoms with E-state index in [0.717, 1.165) is 28.3 Å². The summed E-state index contributed by atoms with van der Waals surface area (Å²) in [6, 6.07) is 7.69. The molecule has 0 N–H and O–H groups in total. The van der Waals surface area contributed by atoms with Crippen LogP contribution in [0.25, 0.3) is 11.4 Å². The highest BCUT2D eigenvalue weighted by Crippen LogP contribution is 2.30. The monoisotopic (exact) mass is 381 g/mol. The first kappa shape index (κ1) is 19.2. The Morgan fingerprint density at radius 2 is 2.04 bits per heavy atom. The quantitative estimate of drug-likeness (QED) is 0.327. The molecule has 2 aromatic heterocycles. The maximum Gasteiger partial charge on any atom is 0.192 e. The first-order valence-corrected chi connectivity index (χ1v) is 9.67. The summed E-state index contributed by atoms with van der Waals surface area (Å²) in [5.74, 6) is 1.58. The van der Waals surface area contributed by atoms with Crippen molar-refractivity contribution < 1.29 is 9.21 Å². The third-order valence-electron chi connectivity index (χ3n) is 4.57. The first-order valence-electron chi connectivity index (χ1n) is 8.79. The zero-order valence-electron chi connectivity index (χ0n) is 16.0. The van der Waals surface area contributed by atoms with Gasteiger partial charge in [0.1, 0.15) is 5.76 Å². The molecule has 0 spiro atoms. The largest absolute Gasteiger partial charge is 0.469 e. The van der Waals surface area contributed by atoms with E-state index in [0.29, 0.717) is 11.7 Å². The Kier molecular flexibility index (Phi) is 5.65. The third-order valence-corrected chi connectivity index (χ3v) is 5.65. The summed E-state index contributed by atoms with van der Waals surface area (Å²) in [7, 11) is 0. The average molecular weight is 382 g/mol. The van der Waals surface area contributed by atoms with Gasteiger partial charge < -0.3 is 4.42 Å². The van der Waals surface area contributed by atoms with Crippen LogP contribution in [0.4, 0.5) is 0 Å². The van der Waals surface area contributed by atoms with Crippen molar-refractivity contribution in [3.05, 3.63) is 65.6 Å². The number of aromatic nitrogens is 3. The smallest absolute Gasteiger partial charge is 0.192 e. The molecular formula is C21H23N3O2S. The number of benzene rings is 1. The van der Waals surface area contributed by atoms with Gasteiger partial charge in [0.15, 0.2) is 16.8 Å². The summed E-state index contributed by atoms with van der Waals surface area (Å²) in [4.78, 5) is 12.9. The maximum atomic E-state index is 12.9. The highest BCUT2D eigenvalue weighted by Gasteiger charge is 2.22. The van der Waals surface area contributed by atoms with Gasteiger partial charge in [-0.15, -0.1) is 16.8 Å². The number of hydrogen-bond donors (Lipinski definition) is 0. The Hall–Kier alpha value is -2.60. The van der Waals surface area contributed by atoms with Gasteiger partial charge in [-0.1, -0.05) is 30.0 Å². The van der Waals surface area contributed by atoms with E-state index < -0.39 is 0 Å². The van der Waals surface area contributed by atoms with E-state index in [1.165, 1.54) is 17.3 Å². The number of furan rings is 1. The van der Waals surface area contributed by atoms with Crippen molar-refractivity contribution in [3.63, 3.8) is 0 Å². The van der Waals surface area contributed by atoms with Crippen molar-refractivity contribution in [1.29, 1.82) is 0 Å². The minimum absolute atomic E-state index is 0.0808. The minimum atomic E-state index is -0.279. The number of rotatable bonds is 7. The molecule has 1 atom stereocenters. The molecule has 3 rings (SSSR count). The van der Waals surface area contributed by atoms with Gasteiger partial charge in [0.25, 0.3) is 0 Å². The van der Waals surface area contributed by atoms with Crippen LogP contribution in [0.2, 0.25) is 0 Å². The number of Topliss-reactive ketones (excluding diaryl/α,β-unsaturated/α-hetero) is 1. The van der Waals surface area contributed by atoms with E-state index in [2.05, 4.69) is 16.8 Å². The molecule has 0 amide bonds. The van der Waals surface area contributed by atoms with Gasteiger partial charge in [-0.05, 0) is 51.0 Å². The van der Waals surface area contributed by atoms with Crippen molar-refractivity contribution >= 4 is 17.5 Å². The van der Waals surface area contributed by atoms with Crippen LogP contribution in [0.15, 0.2) is 52.8 Å². The van der Waals surface area contributed by atoms with Crippen LogP contribution in [0.1, 0.15) is 34.2 Å². The Labute approximate surface area is 163 Å². The van der Waals surface area contributed by atoms with Crippen molar-refractivity contribution in [3.8, 4) is 11.4 Å². The van der Waals surface area contributed by atoms with Gasteiger partial charge in [0, 0.05) is 12.1 Å². The minimum Gasteiger partial charge on any atom is -0.469 e. The molecular weight excluding hydrogens is 358 g/mol. The molecule has 0 bridgehead atoms. The molecule has 5 nitrogen and oxygen atoms in total. The second kappa shape index (κ2) is 7.96. The molecule has 3 aromatic rings. The van der Waals surface area contributed by atoms with E-state index in [1.54, 1.807) is 12.3 Å². The predicted molar refractivity (Wildman–Crippen MR) is 108 cm³/mol. The molecule has 0 aliphatic heterocycles. The van der Waals surface area contributed by atoms with Gasteiger partial charge in [-0.2, -0.15) is 0 Å². The van der Waals surface area contributed by atoms with Gasteiger partial charge in [0.2, 0.25) is 0 Å². The third kappa shape index (κ3) is 3.90. The number of hydrogen-bond acceptors (Lipinski definition) is 5. The molecule has 0 aliphatic rings. The lowest BCUT2D eigenvalue weighted by molar-refractivity contribution is 0.0993. The van der Waals surface area contributed by atoms with Gasteiger partial charge in [0.05, 0.1) is 17.1 Å². The Morgan fingerprint density at radius 1 is 1.26 bits per heavy atom. The normalized spacial score (nSPS) is 12.1. The van der Waals surface area contributed by atoms with Gasteiger partial charge >= 0.3 is 0 Å². The molecule has 27 heavy (non-hydrogen) atoms. The van der Waals surface area contributed by atoms with E-state index in [-0.39, 0.29) is 11.0 Å². The lowest BCUT2D eigenvalue weighted by Crippen LogP contribution is -2.15. The van der Waals surface area contributed by atoms with Crippen LogP contribution in [0.3, 0.4) is 0 Å². The van der Waals surface area contributed by atoms with E-state index >= 15 is 0 Å². The number of nitrogens with zero attached hydrogens (tertiary/aromatic N) is 3. The van der Waals surface area contributed by atoms with Crippen molar-refractivity contribution in [1.82, 2.24) is 14.8 Å². The van der Waals surface area contributed by atoms with Crippen LogP contribution >= 0.6 is 11.8 Å². The zero-order valence-corrected chi connectivity index (χ0v) is 16.8. The number of ketones is 1. The number of thioether (sulfide) groups is 1. The van der Waals surface area contributed by atoms with Crippen LogP contribution < -0.4 is 0 Å². The van der Waals surface area contributed by atoms with E-state index in [4.69, 9.17) is 4.42 Å². The fourth-order valence-electron chi connectivity index (χ4n) is 2.83. The van der Waals surface area contributed by atoms with Crippen molar-refractivity contribution in [2.75, 3.05) is 0 Å². The Bertz CT molecular complexity index is 987. The Balaban J connectivity index is 1.87. The standard InChI is InChI=1S/C21H23N3O2S/c1-6-10-24-20(18-9-11-26-15(18)4)22-23-21(24)27-16(5)19(25)17-8-7-13(2)14(3)12-17/h6-9,11-12,16H,1,10H2,2-5H3. The number of allylic oxidation sites excluding steroid dienone is 1. The maximum absolute atomic E-state index is 12.9. The first-order chi connectivity index (χ1) is 12.9. The Morgan fingerprint density at radius 3 is 2.67 bits per heavy atom. The number of carbonyl (C=O) groups excluding carboxylic acids is 1. The molecule has 140 valence electrons. The van der Waals surface area contributed by atoms with Crippen molar-refractivity contribution in [2.45, 2.75) is 44.6 Å². The topological polar surface area (TPSA) is 60.9 Å². The van der Waals surface area contributed by atoms with E-state index in [9.17, 15) is 4.79 Å². The van der Waals surface area contributed by atoms with Crippen molar-refractivity contribution in [2.24, 2.45) is 0 Å². The molecule has 6 heteroatoms. The van der Waals surface area contributed by atoms with Crippen LogP contribution in [0.5, 0.6) is 0 Å². The molecule has 1 unspecified atom stereocenters. The SMILES string of the molecule is C=CCn1c(SC(C)C(=O)c2ccc(C)c(C)c2)nnc1-c1ccoc1C. The molecule has 0 radical (unpaired) electrons. The number of carbonyl (C=O) groups is 1. The van der Waals surface area contributed by atoms with Gasteiger partial charge in [-0.25, -0.2) is 0 Å². The molecule has 0 fully saturated rings. The molecule has 0 saturated heterocycles. The fourth-order valence-corrected chi connectivity index (χ4v) is 3.76. The molecule has 1 aromatic carbocycles. The second-order valence-corrected chi connectivity index (χ2v) is 7.83. The highest BCUT2D eigenvalue weighted by atomic mass is 32.2. The average Bonchev–Trinajstić information content (AvgIpc) is 3.23. The summed E-state index contributed by atoms with van der Waals surface area (Å²) < 4.78 is 7.35. The fraction of sp³-hybridized carbons (Fsp3) is 0.286. The summed E-state index contributed by atoms with van der Waals surface area (Å²) in [5.41, 5.74) is 3.91. The van der Waals surface area contributed by atoms with Crippen LogP contribution in [0, 0.1) is 20.8 Å². The van der Waals surface area contributed by atoms with E-state index in [1.807, 2.05) is 56.5 Å². The summed E-state index contributed by atoms with van der Waals surface area (Å²) in [5, 5.41) is 9.05. The van der Waals surface area contributed by atoms with Gasteiger partial charge in [-0.3, -0.25) is 9.36 Å². The lowest BCUT2D eigenvalue weighted by atomic mass is 10.0. The number of aryl methyl sites for hydroxylation is 3. The molecule has 0 saturated carbocycles. The second-order valence-electron chi connectivity index (χ2n) is 6.52. The highest BCUT2D eigenvalue weighted by molar-refractivity contribution is 8.00. The molecule has 0 aliphatic carbocycles. The molecule has 2 heterocycles. The summed E-state index contributed by atoms with van der Waals surface area (Å²) in [6.45, 7) is 12.2. The predicted octanol–water partition coefficient (Wildman–Crippen LogP) is 5.01. The summed E-state index contributed by atoms with van der Waals surface area (Å²) in [6.07, 6.45) is 3.43. The van der Waals surface area contributed by atoms with Crippen LogP contribution in [-0.4, -0.2) is 25.8 Å². The zero-order chi connectivity index (χ0) is 19.6. The lowest BCUT2D eigenvalue weighted by Gasteiger charge is -2.12. The summed E-state index contributed by atoms with van der Waals surface area (Å²) >= 11 is 1.41.